The Balaban J connectivity index is 2.31. The number of aromatic nitrogens is 1. The van der Waals surface area contributed by atoms with Crippen LogP contribution in [0.5, 0.6) is 0 Å². The van der Waals surface area contributed by atoms with Crippen molar-refractivity contribution in [3.05, 3.63) is 66.4 Å². The zero-order valence-corrected chi connectivity index (χ0v) is 11.7. The number of aldehydes is 1. The van der Waals surface area contributed by atoms with Crippen molar-refractivity contribution in [1.82, 2.24) is 4.98 Å². The fourth-order valence-corrected chi connectivity index (χ4v) is 3.56. The van der Waals surface area contributed by atoms with Gasteiger partial charge < -0.3 is 0 Å². The molecule has 0 unspecified atom stereocenters. The number of hydrogen-bond acceptors (Lipinski definition) is 4. The van der Waals surface area contributed by atoms with Crippen molar-refractivity contribution in [3.63, 3.8) is 0 Å². The van der Waals surface area contributed by atoms with Crippen LogP contribution in [-0.4, -0.2) is 19.7 Å². The van der Waals surface area contributed by atoms with Crippen molar-refractivity contribution >= 4 is 27.0 Å². The molecule has 0 aliphatic carbocycles. The number of para-hydroxylation sites is 1. The van der Waals surface area contributed by atoms with Gasteiger partial charge in [-0.05, 0) is 24.3 Å². The van der Waals surface area contributed by atoms with E-state index in [1.807, 2.05) is 0 Å². The van der Waals surface area contributed by atoms with E-state index in [-0.39, 0.29) is 15.5 Å². The SMILES string of the molecule is O=Cc1nc2ccccc2cc1S(=O)(=O)c1ccccc1. The van der Waals surface area contributed by atoms with Gasteiger partial charge in [-0.15, -0.1) is 0 Å². The lowest BCUT2D eigenvalue weighted by Gasteiger charge is -2.08. The highest BCUT2D eigenvalue weighted by molar-refractivity contribution is 7.91. The van der Waals surface area contributed by atoms with Crippen LogP contribution >= 0.6 is 0 Å². The normalized spacial score (nSPS) is 11.4. The Kier molecular flexibility index (Phi) is 3.27. The van der Waals surface area contributed by atoms with Crippen LogP contribution in [0.15, 0.2) is 70.5 Å². The van der Waals surface area contributed by atoms with Crippen LogP contribution in [0, 0.1) is 0 Å². The zero-order chi connectivity index (χ0) is 14.9. The molecule has 0 radical (unpaired) electrons. The molecular formula is C16H11NO3S. The minimum Gasteiger partial charge on any atom is -0.296 e. The van der Waals surface area contributed by atoms with Gasteiger partial charge in [-0.1, -0.05) is 36.4 Å². The van der Waals surface area contributed by atoms with Gasteiger partial charge in [0.2, 0.25) is 9.84 Å². The molecule has 3 rings (SSSR count). The maximum atomic E-state index is 12.7. The molecule has 0 amide bonds. The number of pyridine rings is 1. The van der Waals surface area contributed by atoms with Gasteiger partial charge in [0.25, 0.3) is 0 Å². The van der Waals surface area contributed by atoms with Crippen LogP contribution < -0.4 is 0 Å². The molecule has 0 bridgehead atoms. The summed E-state index contributed by atoms with van der Waals surface area (Å²) >= 11 is 0. The van der Waals surface area contributed by atoms with E-state index in [0.717, 1.165) is 0 Å². The van der Waals surface area contributed by atoms with Crippen molar-refractivity contribution < 1.29 is 13.2 Å². The van der Waals surface area contributed by atoms with Gasteiger partial charge in [0.1, 0.15) is 10.6 Å². The highest BCUT2D eigenvalue weighted by Crippen LogP contribution is 2.25. The van der Waals surface area contributed by atoms with E-state index in [9.17, 15) is 13.2 Å². The Morgan fingerprint density at radius 1 is 0.905 bits per heavy atom. The lowest BCUT2D eigenvalue weighted by atomic mass is 10.2. The monoisotopic (exact) mass is 297 g/mol. The van der Waals surface area contributed by atoms with Gasteiger partial charge in [0.05, 0.1) is 10.4 Å². The second-order valence-electron chi connectivity index (χ2n) is 4.50. The number of sulfone groups is 1. The van der Waals surface area contributed by atoms with Gasteiger partial charge in [-0.25, -0.2) is 13.4 Å². The van der Waals surface area contributed by atoms with Crippen molar-refractivity contribution in [1.29, 1.82) is 0 Å². The van der Waals surface area contributed by atoms with E-state index in [1.54, 1.807) is 42.5 Å². The molecule has 5 heteroatoms. The first kappa shape index (κ1) is 13.5. The van der Waals surface area contributed by atoms with Gasteiger partial charge in [-0.2, -0.15) is 0 Å². The number of hydrogen-bond donors (Lipinski definition) is 0. The van der Waals surface area contributed by atoms with Crippen LogP contribution in [0.1, 0.15) is 10.5 Å². The number of benzene rings is 2. The van der Waals surface area contributed by atoms with Gasteiger partial charge in [-0.3, -0.25) is 4.79 Å². The van der Waals surface area contributed by atoms with Crippen molar-refractivity contribution in [2.75, 3.05) is 0 Å². The van der Waals surface area contributed by atoms with Crippen molar-refractivity contribution in [3.8, 4) is 0 Å². The molecule has 4 nitrogen and oxygen atoms in total. The third-order valence-corrected chi connectivity index (χ3v) is 4.97. The summed E-state index contributed by atoms with van der Waals surface area (Å²) < 4.78 is 25.3. The molecular weight excluding hydrogens is 286 g/mol. The molecule has 1 heterocycles. The zero-order valence-electron chi connectivity index (χ0n) is 10.9. The summed E-state index contributed by atoms with van der Waals surface area (Å²) in [4.78, 5) is 15.4. The van der Waals surface area contributed by atoms with Crippen LogP contribution in [0.3, 0.4) is 0 Å². The number of nitrogens with zero attached hydrogens (tertiary/aromatic N) is 1. The summed E-state index contributed by atoms with van der Waals surface area (Å²) in [7, 11) is -3.77. The largest absolute Gasteiger partial charge is 0.296 e. The predicted octanol–water partition coefficient (Wildman–Crippen LogP) is 2.88. The van der Waals surface area contributed by atoms with E-state index in [2.05, 4.69) is 4.98 Å². The van der Waals surface area contributed by atoms with Crippen molar-refractivity contribution in [2.45, 2.75) is 9.79 Å². The highest BCUT2D eigenvalue weighted by atomic mass is 32.2. The molecule has 0 atom stereocenters. The van der Waals surface area contributed by atoms with Gasteiger partial charge in [0, 0.05) is 5.39 Å². The van der Waals surface area contributed by atoms with Gasteiger partial charge in [0.15, 0.2) is 6.29 Å². The molecule has 0 spiro atoms. The van der Waals surface area contributed by atoms with Crippen LogP contribution in [0.4, 0.5) is 0 Å². The predicted molar refractivity (Wildman–Crippen MR) is 79.0 cm³/mol. The molecule has 0 fully saturated rings. The Bertz CT molecular complexity index is 919. The Labute approximate surface area is 122 Å². The molecule has 21 heavy (non-hydrogen) atoms. The average Bonchev–Trinajstić information content (AvgIpc) is 2.54. The van der Waals surface area contributed by atoms with E-state index >= 15 is 0 Å². The number of rotatable bonds is 3. The lowest BCUT2D eigenvalue weighted by Crippen LogP contribution is -2.07. The summed E-state index contributed by atoms with van der Waals surface area (Å²) in [5.41, 5.74) is 0.518. The highest BCUT2D eigenvalue weighted by Gasteiger charge is 2.22. The average molecular weight is 297 g/mol. The van der Waals surface area contributed by atoms with Crippen LogP contribution in [-0.2, 0) is 9.84 Å². The molecule has 0 saturated carbocycles. The second kappa shape index (κ2) is 5.10. The topological polar surface area (TPSA) is 64.1 Å². The summed E-state index contributed by atoms with van der Waals surface area (Å²) in [6, 6.07) is 16.6. The summed E-state index contributed by atoms with van der Waals surface area (Å²) in [5.74, 6) is 0. The standard InChI is InChI=1S/C16H11NO3S/c18-11-15-16(10-12-6-4-5-9-14(12)17-15)21(19,20)13-7-2-1-3-8-13/h1-11H. The molecule has 0 saturated heterocycles. The van der Waals surface area contributed by atoms with E-state index in [1.165, 1.54) is 18.2 Å². The molecule has 104 valence electrons. The van der Waals surface area contributed by atoms with Crippen molar-refractivity contribution in [2.24, 2.45) is 0 Å². The summed E-state index contributed by atoms with van der Waals surface area (Å²) in [6.45, 7) is 0. The molecule has 3 aromatic rings. The minimum atomic E-state index is -3.77. The van der Waals surface area contributed by atoms with Crippen LogP contribution in [0.25, 0.3) is 10.9 Å². The second-order valence-corrected chi connectivity index (χ2v) is 6.42. The third-order valence-electron chi connectivity index (χ3n) is 3.17. The fraction of sp³-hybridized carbons (Fsp3) is 0. The fourth-order valence-electron chi connectivity index (χ4n) is 2.14. The quantitative estimate of drug-likeness (QED) is 0.697. The maximum absolute atomic E-state index is 12.7. The first-order chi connectivity index (χ1) is 10.1. The lowest BCUT2D eigenvalue weighted by molar-refractivity contribution is 0.111. The van der Waals surface area contributed by atoms with Gasteiger partial charge >= 0.3 is 0 Å². The van der Waals surface area contributed by atoms with E-state index in [4.69, 9.17) is 0 Å². The number of fused-ring (bicyclic) bond motifs is 1. The van der Waals surface area contributed by atoms with E-state index in [0.29, 0.717) is 17.2 Å². The first-order valence-electron chi connectivity index (χ1n) is 6.28. The Hall–Kier alpha value is -2.53. The first-order valence-corrected chi connectivity index (χ1v) is 7.76. The van der Waals surface area contributed by atoms with E-state index < -0.39 is 9.84 Å². The smallest absolute Gasteiger partial charge is 0.208 e. The van der Waals surface area contributed by atoms with Crippen LogP contribution in [0.2, 0.25) is 0 Å². The number of carbonyl (C=O) groups is 1. The minimum absolute atomic E-state index is 0.0672. The Morgan fingerprint density at radius 3 is 2.29 bits per heavy atom. The number of carbonyl (C=O) groups excluding carboxylic acids is 1. The summed E-state index contributed by atoms with van der Waals surface area (Å²) in [5, 5.41) is 0.678. The molecule has 0 aliphatic rings. The summed E-state index contributed by atoms with van der Waals surface area (Å²) in [6.07, 6.45) is 0.474. The molecule has 2 aromatic carbocycles. The molecule has 1 aromatic heterocycles. The molecule has 0 N–H and O–H groups in total. The Morgan fingerprint density at radius 2 is 1.57 bits per heavy atom. The maximum Gasteiger partial charge on any atom is 0.208 e. The molecule has 0 aliphatic heterocycles. The third kappa shape index (κ3) is 2.32.